The molecule has 6 nitrogen and oxygen atoms in total. The summed E-state index contributed by atoms with van der Waals surface area (Å²) in [6, 6.07) is 12.4. The van der Waals surface area contributed by atoms with Crippen molar-refractivity contribution >= 4 is 0 Å². The van der Waals surface area contributed by atoms with E-state index in [2.05, 4.69) is 54.8 Å². The van der Waals surface area contributed by atoms with E-state index in [0.717, 1.165) is 50.0 Å². The first-order valence-corrected chi connectivity index (χ1v) is 11.2. The summed E-state index contributed by atoms with van der Waals surface area (Å²) in [5.41, 5.74) is 3.82. The predicted molar refractivity (Wildman–Crippen MR) is 121 cm³/mol. The molecule has 0 saturated carbocycles. The number of fused-ring (bicyclic) bond motifs is 1. The Morgan fingerprint density at radius 3 is 2.45 bits per heavy atom. The van der Waals surface area contributed by atoms with Gasteiger partial charge in [-0.1, -0.05) is 26.0 Å². The van der Waals surface area contributed by atoms with Crippen LogP contribution in [-0.4, -0.2) is 67.1 Å². The molecule has 0 amide bonds. The molecule has 0 aliphatic carbocycles. The lowest BCUT2D eigenvalue weighted by molar-refractivity contribution is 0.0446. The first-order valence-electron chi connectivity index (χ1n) is 11.2. The Kier molecular flexibility index (Phi) is 7.00. The van der Waals surface area contributed by atoms with E-state index in [4.69, 9.17) is 14.2 Å². The van der Waals surface area contributed by atoms with Gasteiger partial charge in [-0.15, -0.1) is 0 Å². The summed E-state index contributed by atoms with van der Waals surface area (Å²) in [7, 11) is 0. The zero-order valence-electron chi connectivity index (χ0n) is 18.8. The van der Waals surface area contributed by atoms with Gasteiger partial charge in [-0.25, -0.2) is 0 Å². The molecule has 6 heteroatoms. The average molecular weight is 427 g/mol. The van der Waals surface area contributed by atoms with Crippen molar-refractivity contribution in [2.75, 3.05) is 46.1 Å². The van der Waals surface area contributed by atoms with Gasteiger partial charge in [-0.3, -0.25) is 9.80 Å². The minimum atomic E-state index is -0.495. The summed E-state index contributed by atoms with van der Waals surface area (Å²) in [5.74, 6) is 3.00. The van der Waals surface area contributed by atoms with E-state index >= 15 is 0 Å². The van der Waals surface area contributed by atoms with Crippen LogP contribution in [0.2, 0.25) is 0 Å². The maximum Gasteiger partial charge on any atom is 0.231 e. The number of β-amino-alcohol motifs (C(OH)–C–C–N with tert-alkyl or cyclic N) is 1. The van der Waals surface area contributed by atoms with Gasteiger partial charge in [-0.2, -0.15) is 0 Å². The lowest BCUT2D eigenvalue weighted by Crippen LogP contribution is -2.48. The molecule has 2 aromatic rings. The number of nitrogens with zero attached hydrogens (tertiary/aromatic N) is 2. The maximum atomic E-state index is 10.5. The van der Waals surface area contributed by atoms with Crippen LogP contribution in [0, 0.1) is 6.92 Å². The third-order valence-electron chi connectivity index (χ3n) is 6.08. The molecule has 2 aliphatic heterocycles. The Morgan fingerprint density at radius 2 is 1.71 bits per heavy atom. The van der Waals surface area contributed by atoms with E-state index in [1.807, 2.05) is 12.1 Å². The van der Waals surface area contributed by atoms with Gasteiger partial charge in [0.1, 0.15) is 18.5 Å². The highest BCUT2D eigenvalue weighted by Crippen LogP contribution is 2.32. The highest BCUT2D eigenvalue weighted by Gasteiger charge is 2.21. The summed E-state index contributed by atoms with van der Waals surface area (Å²) in [6.07, 6.45) is -0.495. The molecule has 0 aromatic heterocycles. The molecule has 4 rings (SSSR count). The van der Waals surface area contributed by atoms with Crippen molar-refractivity contribution in [3.8, 4) is 17.2 Å². The van der Waals surface area contributed by atoms with Crippen LogP contribution < -0.4 is 14.2 Å². The molecule has 1 N–H and O–H groups in total. The lowest BCUT2D eigenvalue weighted by atomic mass is 9.98. The van der Waals surface area contributed by atoms with Crippen molar-refractivity contribution in [2.24, 2.45) is 0 Å². The molecule has 0 spiro atoms. The Balaban J connectivity index is 1.18. The van der Waals surface area contributed by atoms with Gasteiger partial charge in [0.25, 0.3) is 0 Å². The van der Waals surface area contributed by atoms with Crippen LogP contribution in [0.3, 0.4) is 0 Å². The second kappa shape index (κ2) is 9.90. The largest absolute Gasteiger partial charge is 0.491 e. The topological polar surface area (TPSA) is 54.4 Å². The number of hydrogen-bond donors (Lipinski definition) is 1. The second-order valence-electron chi connectivity index (χ2n) is 8.90. The molecule has 1 saturated heterocycles. The molecular weight excluding hydrogens is 392 g/mol. The fourth-order valence-electron chi connectivity index (χ4n) is 4.36. The highest BCUT2D eigenvalue weighted by molar-refractivity contribution is 5.44. The molecule has 0 unspecified atom stereocenters. The van der Waals surface area contributed by atoms with Crippen LogP contribution in [0.1, 0.15) is 36.5 Å². The zero-order chi connectivity index (χ0) is 21.8. The van der Waals surface area contributed by atoms with Crippen LogP contribution in [0.4, 0.5) is 0 Å². The SMILES string of the molecule is Cc1cc(OC[C@@H](O)CN2CCN(Cc3ccc4c(c3)OCO4)CC2)ccc1C(C)C. The van der Waals surface area contributed by atoms with Gasteiger partial charge in [0, 0.05) is 39.3 Å². The lowest BCUT2D eigenvalue weighted by Gasteiger charge is -2.35. The Bertz CT molecular complexity index is 878. The number of rotatable bonds is 8. The molecule has 2 aliphatic rings. The fraction of sp³-hybridized carbons (Fsp3) is 0.520. The number of piperazine rings is 1. The van der Waals surface area contributed by atoms with Crippen LogP contribution in [-0.2, 0) is 6.54 Å². The van der Waals surface area contributed by atoms with Crippen LogP contribution >= 0.6 is 0 Å². The van der Waals surface area contributed by atoms with Crippen molar-refractivity contribution in [2.45, 2.75) is 39.3 Å². The van der Waals surface area contributed by atoms with E-state index in [-0.39, 0.29) is 0 Å². The molecule has 2 heterocycles. The summed E-state index contributed by atoms with van der Waals surface area (Å²) < 4.78 is 16.7. The van der Waals surface area contributed by atoms with Gasteiger partial charge in [0.15, 0.2) is 11.5 Å². The number of aliphatic hydroxyl groups is 1. The molecule has 0 bridgehead atoms. The van der Waals surface area contributed by atoms with Gasteiger partial charge in [0.2, 0.25) is 6.79 Å². The van der Waals surface area contributed by atoms with Crippen LogP contribution in [0.5, 0.6) is 17.2 Å². The Hall–Kier alpha value is -2.28. The van der Waals surface area contributed by atoms with Gasteiger partial charge in [0.05, 0.1) is 0 Å². The Labute approximate surface area is 185 Å². The van der Waals surface area contributed by atoms with Crippen LogP contribution in [0.25, 0.3) is 0 Å². The van der Waals surface area contributed by atoms with Crippen molar-refractivity contribution in [3.63, 3.8) is 0 Å². The first-order chi connectivity index (χ1) is 15.0. The molecular formula is C25H34N2O4. The van der Waals surface area contributed by atoms with E-state index < -0.39 is 6.10 Å². The minimum absolute atomic E-state index is 0.312. The quantitative estimate of drug-likeness (QED) is 0.698. The molecule has 1 fully saturated rings. The molecule has 168 valence electrons. The van der Waals surface area contributed by atoms with Crippen molar-refractivity contribution < 1.29 is 19.3 Å². The predicted octanol–water partition coefficient (Wildman–Crippen LogP) is 3.40. The van der Waals surface area contributed by atoms with E-state index in [1.165, 1.54) is 16.7 Å². The number of aliphatic hydroxyl groups excluding tert-OH is 1. The molecule has 2 aromatic carbocycles. The monoisotopic (exact) mass is 426 g/mol. The maximum absolute atomic E-state index is 10.5. The molecule has 0 radical (unpaired) electrons. The first kappa shape index (κ1) is 21.9. The normalized spacial score (nSPS) is 17.8. The van der Waals surface area contributed by atoms with E-state index in [9.17, 15) is 5.11 Å². The standard InChI is InChI=1S/C25H34N2O4/c1-18(2)23-6-5-22(12-19(23)3)29-16-21(28)15-27-10-8-26(9-11-27)14-20-4-7-24-25(13-20)31-17-30-24/h4-7,12-13,18,21,28H,8-11,14-17H2,1-3H3/t21-/m0/s1. The van der Waals surface area contributed by atoms with Gasteiger partial charge < -0.3 is 19.3 Å². The summed E-state index contributed by atoms with van der Waals surface area (Å²) in [6.45, 7) is 12.5. The number of benzene rings is 2. The van der Waals surface area contributed by atoms with Crippen molar-refractivity contribution in [1.29, 1.82) is 0 Å². The van der Waals surface area contributed by atoms with Crippen molar-refractivity contribution in [1.82, 2.24) is 9.80 Å². The zero-order valence-corrected chi connectivity index (χ0v) is 18.8. The third kappa shape index (κ3) is 5.70. The van der Waals surface area contributed by atoms with Gasteiger partial charge >= 0.3 is 0 Å². The third-order valence-corrected chi connectivity index (χ3v) is 6.08. The molecule has 31 heavy (non-hydrogen) atoms. The van der Waals surface area contributed by atoms with E-state index in [0.29, 0.717) is 25.9 Å². The number of hydrogen-bond acceptors (Lipinski definition) is 6. The van der Waals surface area contributed by atoms with Crippen molar-refractivity contribution in [3.05, 3.63) is 53.1 Å². The number of aryl methyl sites for hydroxylation is 1. The summed E-state index contributed by atoms with van der Waals surface area (Å²) in [5, 5.41) is 10.5. The summed E-state index contributed by atoms with van der Waals surface area (Å²) in [4.78, 5) is 4.76. The fourth-order valence-corrected chi connectivity index (χ4v) is 4.36. The van der Waals surface area contributed by atoms with Gasteiger partial charge in [-0.05, 0) is 53.8 Å². The second-order valence-corrected chi connectivity index (χ2v) is 8.90. The van der Waals surface area contributed by atoms with Crippen LogP contribution in [0.15, 0.2) is 36.4 Å². The van der Waals surface area contributed by atoms with E-state index in [1.54, 1.807) is 0 Å². The smallest absolute Gasteiger partial charge is 0.231 e. The number of ether oxygens (including phenoxy) is 3. The minimum Gasteiger partial charge on any atom is -0.491 e. The Morgan fingerprint density at radius 1 is 0.968 bits per heavy atom. The average Bonchev–Trinajstić information content (AvgIpc) is 3.21. The summed E-state index contributed by atoms with van der Waals surface area (Å²) >= 11 is 0. The highest BCUT2D eigenvalue weighted by atomic mass is 16.7. The molecule has 1 atom stereocenters.